The maximum atomic E-state index is 4.35. The summed E-state index contributed by atoms with van der Waals surface area (Å²) in [5, 5.41) is 3.10. The minimum absolute atomic E-state index is 0.727. The molecule has 0 saturated heterocycles. The third kappa shape index (κ3) is 3.01. The van der Waals surface area contributed by atoms with Gasteiger partial charge in [0.2, 0.25) is 5.95 Å². The molecule has 5 nitrogen and oxygen atoms in total. The van der Waals surface area contributed by atoms with Crippen LogP contribution in [0.15, 0.2) is 36.8 Å². The molecule has 2 rings (SSSR count). The Morgan fingerprint density at radius 1 is 1.17 bits per heavy atom. The fourth-order valence-corrected chi connectivity index (χ4v) is 1.56. The normalized spacial score (nSPS) is 10.3. The Hall–Kier alpha value is -2.01. The monoisotopic (exact) mass is 243 g/mol. The Bertz CT molecular complexity index is 469. The molecule has 0 unspecified atom stereocenters. The minimum atomic E-state index is 0.727. The number of hydrogen-bond donors (Lipinski definition) is 1. The molecule has 0 bridgehead atoms. The number of hydrogen-bond acceptors (Lipinski definition) is 5. The van der Waals surface area contributed by atoms with Crippen LogP contribution in [0.5, 0.6) is 0 Å². The molecule has 0 amide bonds. The molecule has 0 aromatic carbocycles. The van der Waals surface area contributed by atoms with Gasteiger partial charge in [0, 0.05) is 44.3 Å². The highest BCUT2D eigenvalue weighted by molar-refractivity contribution is 5.56. The number of aromatic nitrogens is 3. The fraction of sp³-hybridized carbons (Fsp3) is 0.308. The van der Waals surface area contributed by atoms with Crippen molar-refractivity contribution in [1.29, 1.82) is 0 Å². The molecule has 18 heavy (non-hydrogen) atoms. The molecule has 0 spiro atoms. The highest BCUT2D eigenvalue weighted by Gasteiger charge is 2.04. The minimum Gasteiger partial charge on any atom is -0.343 e. The van der Waals surface area contributed by atoms with Gasteiger partial charge in [0.25, 0.3) is 0 Å². The number of pyridine rings is 1. The summed E-state index contributed by atoms with van der Waals surface area (Å²) < 4.78 is 0. The summed E-state index contributed by atoms with van der Waals surface area (Å²) in [5.74, 6) is 0.727. The van der Waals surface area contributed by atoms with E-state index in [2.05, 4.69) is 20.3 Å². The first-order valence-corrected chi connectivity index (χ1v) is 5.90. The van der Waals surface area contributed by atoms with E-state index in [1.54, 1.807) is 18.6 Å². The lowest BCUT2D eigenvalue weighted by Gasteiger charge is -2.16. The van der Waals surface area contributed by atoms with Crippen LogP contribution in [0.4, 0.5) is 5.95 Å². The van der Waals surface area contributed by atoms with Crippen LogP contribution in [0.1, 0.15) is 0 Å². The van der Waals surface area contributed by atoms with E-state index in [1.165, 1.54) is 0 Å². The van der Waals surface area contributed by atoms with Crippen molar-refractivity contribution < 1.29 is 0 Å². The van der Waals surface area contributed by atoms with Crippen LogP contribution in [-0.2, 0) is 0 Å². The van der Waals surface area contributed by atoms with E-state index in [4.69, 9.17) is 0 Å². The van der Waals surface area contributed by atoms with E-state index < -0.39 is 0 Å². The zero-order valence-electron chi connectivity index (χ0n) is 10.7. The van der Waals surface area contributed by atoms with E-state index in [0.717, 1.165) is 30.3 Å². The van der Waals surface area contributed by atoms with Crippen LogP contribution in [0, 0.1) is 0 Å². The molecular weight excluding hydrogens is 226 g/mol. The van der Waals surface area contributed by atoms with Crippen molar-refractivity contribution in [3.8, 4) is 11.3 Å². The Labute approximate surface area is 107 Å². The van der Waals surface area contributed by atoms with Crippen molar-refractivity contribution in [3.63, 3.8) is 0 Å². The van der Waals surface area contributed by atoms with Gasteiger partial charge in [0.15, 0.2) is 0 Å². The third-order valence-electron chi connectivity index (χ3n) is 2.64. The Morgan fingerprint density at radius 2 is 1.94 bits per heavy atom. The Morgan fingerprint density at radius 3 is 2.56 bits per heavy atom. The van der Waals surface area contributed by atoms with Gasteiger partial charge in [-0.05, 0) is 19.2 Å². The summed E-state index contributed by atoms with van der Waals surface area (Å²) in [6.45, 7) is 1.78. The van der Waals surface area contributed by atoms with E-state index in [0.29, 0.717) is 0 Å². The van der Waals surface area contributed by atoms with Gasteiger partial charge >= 0.3 is 0 Å². The molecule has 0 saturated carbocycles. The zero-order chi connectivity index (χ0) is 12.8. The van der Waals surface area contributed by atoms with Crippen LogP contribution in [0.3, 0.4) is 0 Å². The SMILES string of the molecule is CNCCN(C)c1ncc(-c2ccccn2)cn1. The number of likely N-dealkylation sites (N-methyl/N-ethyl adjacent to an activating group) is 2. The molecule has 1 N–H and O–H groups in total. The van der Waals surface area contributed by atoms with Crippen LogP contribution < -0.4 is 10.2 Å². The molecule has 0 aliphatic rings. The van der Waals surface area contributed by atoms with Crippen molar-refractivity contribution in [1.82, 2.24) is 20.3 Å². The van der Waals surface area contributed by atoms with Crippen molar-refractivity contribution in [2.45, 2.75) is 0 Å². The van der Waals surface area contributed by atoms with Gasteiger partial charge in [0.1, 0.15) is 0 Å². The van der Waals surface area contributed by atoms with E-state index in [9.17, 15) is 0 Å². The van der Waals surface area contributed by atoms with Crippen LogP contribution in [0.2, 0.25) is 0 Å². The van der Waals surface area contributed by atoms with Gasteiger partial charge in [-0.2, -0.15) is 0 Å². The van der Waals surface area contributed by atoms with E-state index in [-0.39, 0.29) is 0 Å². The molecule has 2 aromatic heterocycles. The molecular formula is C13H17N5. The van der Waals surface area contributed by atoms with Gasteiger partial charge < -0.3 is 10.2 Å². The maximum Gasteiger partial charge on any atom is 0.225 e. The van der Waals surface area contributed by atoms with Crippen LogP contribution in [-0.4, -0.2) is 42.1 Å². The predicted molar refractivity (Wildman–Crippen MR) is 72.5 cm³/mol. The molecule has 2 heterocycles. The summed E-state index contributed by atoms with van der Waals surface area (Å²) in [5.41, 5.74) is 1.82. The highest BCUT2D eigenvalue weighted by atomic mass is 15.2. The van der Waals surface area contributed by atoms with Crippen molar-refractivity contribution in [2.24, 2.45) is 0 Å². The maximum absolute atomic E-state index is 4.35. The smallest absolute Gasteiger partial charge is 0.225 e. The molecule has 0 radical (unpaired) electrons. The van der Waals surface area contributed by atoms with Gasteiger partial charge in [0.05, 0.1) is 5.69 Å². The molecule has 2 aromatic rings. The quantitative estimate of drug-likeness (QED) is 0.855. The number of nitrogens with one attached hydrogen (secondary N) is 1. The van der Waals surface area contributed by atoms with Gasteiger partial charge in [-0.15, -0.1) is 0 Å². The Balaban J connectivity index is 2.10. The molecule has 0 aliphatic heterocycles. The second-order valence-electron chi connectivity index (χ2n) is 4.01. The average molecular weight is 243 g/mol. The van der Waals surface area contributed by atoms with E-state index in [1.807, 2.05) is 37.2 Å². The highest BCUT2D eigenvalue weighted by Crippen LogP contribution is 2.15. The lowest BCUT2D eigenvalue weighted by atomic mass is 10.2. The summed E-state index contributed by atoms with van der Waals surface area (Å²) >= 11 is 0. The van der Waals surface area contributed by atoms with Crippen LogP contribution in [0.25, 0.3) is 11.3 Å². The molecule has 0 aliphatic carbocycles. The standard InChI is InChI=1S/C13H17N5/c1-14-7-8-18(2)13-16-9-11(10-17-13)12-5-3-4-6-15-12/h3-6,9-10,14H,7-8H2,1-2H3. The number of rotatable bonds is 5. The van der Waals surface area contributed by atoms with Gasteiger partial charge in [-0.3, -0.25) is 4.98 Å². The number of nitrogens with zero attached hydrogens (tertiary/aromatic N) is 4. The molecule has 0 fully saturated rings. The third-order valence-corrected chi connectivity index (χ3v) is 2.64. The molecule has 94 valence electrons. The van der Waals surface area contributed by atoms with E-state index >= 15 is 0 Å². The zero-order valence-corrected chi connectivity index (χ0v) is 10.7. The van der Waals surface area contributed by atoms with Crippen molar-refractivity contribution in [3.05, 3.63) is 36.8 Å². The first kappa shape index (κ1) is 12.4. The predicted octanol–water partition coefficient (Wildman–Crippen LogP) is 1.19. The largest absolute Gasteiger partial charge is 0.343 e. The second-order valence-corrected chi connectivity index (χ2v) is 4.01. The van der Waals surface area contributed by atoms with Crippen molar-refractivity contribution >= 4 is 5.95 Å². The first-order valence-electron chi connectivity index (χ1n) is 5.90. The topological polar surface area (TPSA) is 53.9 Å². The summed E-state index contributed by atoms with van der Waals surface area (Å²) in [4.78, 5) is 15.0. The average Bonchev–Trinajstić information content (AvgIpc) is 2.46. The lowest BCUT2D eigenvalue weighted by Crippen LogP contribution is -2.28. The van der Waals surface area contributed by atoms with Crippen molar-refractivity contribution in [2.75, 3.05) is 32.1 Å². The number of anilines is 1. The van der Waals surface area contributed by atoms with Gasteiger partial charge in [-0.25, -0.2) is 9.97 Å². The lowest BCUT2D eigenvalue weighted by molar-refractivity contribution is 0.753. The Kier molecular flexibility index (Phi) is 4.20. The molecule has 5 heteroatoms. The summed E-state index contributed by atoms with van der Waals surface area (Å²) in [6, 6.07) is 5.79. The first-order chi connectivity index (χ1) is 8.81. The molecule has 0 atom stereocenters. The second kappa shape index (κ2) is 6.07. The van der Waals surface area contributed by atoms with Gasteiger partial charge in [-0.1, -0.05) is 6.07 Å². The summed E-state index contributed by atoms with van der Waals surface area (Å²) in [7, 11) is 3.91. The summed E-state index contributed by atoms with van der Waals surface area (Å²) in [6.07, 6.45) is 5.38. The fourth-order valence-electron chi connectivity index (χ4n) is 1.56. The van der Waals surface area contributed by atoms with Crippen LogP contribution >= 0.6 is 0 Å².